The third-order valence-electron chi connectivity index (χ3n) is 2.96. The number of H-pyrrole nitrogens is 1. The van der Waals surface area contributed by atoms with Gasteiger partial charge in [-0.05, 0) is 6.07 Å². The first kappa shape index (κ1) is 13.0. The predicted octanol–water partition coefficient (Wildman–Crippen LogP) is 1.24. The number of methoxy groups -OCH3 is 1. The minimum atomic E-state index is -0.227. The van der Waals surface area contributed by atoms with E-state index in [2.05, 4.69) is 20.1 Å². The molecular formula is C14H13N5O2. The van der Waals surface area contributed by atoms with Crippen molar-refractivity contribution in [2.24, 2.45) is 7.05 Å². The molecule has 0 bridgehead atoms. The fraction of sp³-hybridized carbons (Fsp3) is 0.143. The minimum absolute atomic E-state index is 0.227. The lowest BCUT2D eigenvalue weighted by Crippen LogP contribution is -2.08. The van der Waals surface area contributed by atoms with E-state index in [0.29, 0.717) is 23.0 Å². The molecule has 0 aromatic carbocycles. The summed E-state index contributed by atoms with van der Waals surface area (Å²) in [5.41, 5.74) is 1.83. The van der Waals surface area contributed by atoms with E-state index in [9.17, 15) is 4.79 Å². The molecule has 7 heteroatoms. The van der Waals surface area contributed by atoms with E-state index in [-0.39, 0.29) is 5.56 Å². The quantitative estimate of drug-likeness (QED) is 0.781. The second kappa shape index (κ2) is 5.20. The molecule has 0 aliphatic rings. The first-order valence-electron chi connectivity index (χ1n) is 6.26. The molecule has 0 radical (unpaired) electrons. The first-order valence-corrected chi connectivity index (χ1v) is 6.26. The third-order valence-corrected chi connectivity index (χ3v) is 2.96. The topological polar surface area (TPSA) is 85.7 Å². The molecule has 3 rings (SSSR count). The Morgan fingerprint density at radius 3 is 2.71 bits per heavy atom. The van der Waals surface area contributed by atoms with Gasteiger partial charge in [0.15, 0.2) is 0 Å². The normalized spacial score (nSPS) is 10.6. The molecule has 106 valence electrons. The Hall–Kier alpha value is -2.96. The summed E-state index contributed by atoms with van der Waals surface area (Å²) in [6.07, 6.45) is 5.07. The smallest absolute Gasteiger partial charge is 0.251 e. The van der Waals surface area contributed by atoms with Crippen LogP contribution in [0.3, 0.4) is 0 Å². The lowest BCUT2D eigenvalue weighted by molar-refractivity contribution is 0.398. The molecule has 0 saturated heterocycles. The third kappa shape index (κ3) is 2.66. The largest absolute Gasteiger partial charge is 0.481 e. The van der Waals surface area contributed by atoms with Crippen molar-refractivity contribution in [2.75, 3.05) is 7.11 Å². The SMILES string of the molecule is COc1ccc(-c2nc(-c3cnn(C)c3)cc(=O)[nH]2)cn1. The summed E-state index contributed by atoms with van der Waals surface area (Å²) in [7, 11) is 3.36. The maximum atomic E-state index is 11.8. The van der Waals surface area contributed by atoms with Crippen molar-refractivity contribution in [3.05, 3.63) is 47.1 Å². The highest BCUT2D eigenvalue weighted by Gasteiger charge is 2.08. The summed E-state index contributed by atoms with van der Waals surface area (Å²) >= 11 is 0. The first-order chi connectivity index (χ1) is 10.2. The van der Waals surface area contributed by atoms with Gasteiger partial charge < -0.3 is 9.72 Å². The molecule has 0 spiro atoms. The van der Waals surface area contributed by atoms with Crippen LogP contribution in [0.1, 0.15) is 0 Å². The van der Waals surface area contributed by atoms with E-state index >= 15 is 0 Å². The van der Waals surface area contributed by atoms with Gasteiger partial charge in [0.25, 0.3) is 5.56 Å². The van der Waals surface area contributed by atoms with E-state index < -0.39 is 0 Å². The number of ether oxygens (including phenoxy) is 1. The Morgan fingerprint density at radius 2 is 2.10 bits per heavy atom. The van der Waals surface area contributed by atoms with Crippen LogP contribution in [0.2, 0.25) is 0 Å². The van der Waals surface area contributed by atoms with Crippen LogP contribution in [-0.2, 0) is 7.05 Å². The second-order valence-electron chi connectivity index (χ2n) is 4.47. The van der Waals surface area contributed by atoms with E-state index in [1.165, 1.54) is 6.07 Å². The fourth-order valence-electron chi connectivity index (χ4n) is 1.94. The van der Waals surface area contributed by atoms with Gasteiger partial charge in [0.2, 0.25) is 5.88 Å². The van der Waals surface area contributed by atoms with Crippen LogP contribution >= 0.6 is 0 Å². The number of hydrogen-bond acceptors (Lipinski definition) is 5. The maximum absolute atomic E-state index is 11.8. The number of aromatic amines is 1. The van der Waals surface area contributed by atoms with Gasteiger partial charge in [0.1, 0.15) is 5.82 Å². The summed E-state index contributed by atoms with van der Waals surface area (Å²) in [5.74, 6) is 0.959. The molecular weight excluding hydrogens is 270 g/mol. The number of aryl methyl sites for hydroxylation is 1. The van der Waals surface area contributed by atoms with E-state index in [1.807, 2.05) is 7.05 Å². The average Bonchev–Trinajstić information content (AvgIpc) is 2.93. The summed E-state index contributed by atoms with van der Waals surface area (Å²) in [5, 5.41) is 4.08. The lowest BCUT2D eigenvalue weighted by Gasteiger charge is -2.04. The van der Waals surface area contributed by atoms with Crippen LogP contribution < -0.4 is 10.3 Å². The van der Waals surface area contributed by atoms with Crippen molar-refractivity contribution < 1.29 is 4.74 Å². The minimum Gasteiger partial charge on any atom is -0.481 e. The van der Waals surface area contributed by atoms with Gasteiger partial charge in [0, 0.05) is 42.7 Å². The van der Waals surface area contributed by atoms with Gasteiger partial charge in [-0.2, -0.15) is 5.10 Å². The summed E-state index contributed by atoms with van der Waals surface area (Å²) in [6, 6.07) is 4.95. The molecule has 0 saturated carbocycles. The summed E-state index contributed by atoms with van der Waals surface area (Å²) in [6.45, 7) is 0. The number of pyridine rings is 1. The zero-order valence-corrected chi connectivity index (χ0v) is 11.6. The van der Waals surface area contributed by atoms with Gasteiger partial charge in [0.05, 0.1) is 19.0 Å². The van der Waals surface area contributed by atoms with Gasteiger partial charge in [-0.25, -0.2) is 9.97 Å². The monoisotopic (exact) mass is 283 g/mol. The molecule has 3 heterocycles. The molecule has 3 aromatic heterocycles. The number of aromatic nitrogens is 5. The van der Waals surface area contributed by atoms with E-state index in [0.717, 1.165) is 5.56 Å². The standard InChI is InChI=1S/C14H13N5O2/c1-19-8-10(7-16-19)11-5-12(20)18-14(17-11)9-3-4-13(21-2)15-6-9/h3-8H,1-2H3,(H,17,18,20). The number of hydrogen-bond donors (Lipinski definition) is 1. The molecule has 0 aliphatic carbocycles. The van der Waals surface area contributed by atoms with Crippen LogP contribution in [-0.4, -0.2) is 31.8 Å². The van der Waals surface area contributed by atoms with Gasteiger partial charge in [-0.1, -0.05) is 0 Å². The zero-order chi connectivity index (χ0) is 14.8. The molecule has 0 atom stereocenters. The molecule has 0 aliphatic heterocycles. The number of nitrogens with zero attached hydrogens (tertiary/aromatic N) is 4. The molecule has 0 amide bonds. The number of rotatable bonds is 3. The maximum Gasteiger partial charge on any atom is 0.251 e. The zero-order valence-electron chi connectivity index (χ0n) is 11.6. The van der Waals surface area contributed by atoms with Crippen LogP contribution in [0.15, 0.2) is 41.6 Å². The van der Waals surface area contributed by atoms with Gasteiger partial charge >= 0.3 is 0 Å². The highest BCUT2D eigenvalue weighted by atomic mass is 16.5. The van der Waals surface area contributed by atoms with Gasteiger partial charge in [-0.15, -0.1) is 0 Å². The molecule has 21 heavy (non-hydrogen) atoms. The van der Waals surface area contributed by atoms with Gasteiger partial charge in [-0.3, -0.25) is 9.48 Å². The Labute approximate surface area is 120 Å². The second-order valence-corrected chi connectivity index (χ2v) is 4.47. The van der Waals surface area contributed by atoms with E-state index in [1.54, 1.807) is 42.5 Å². The van der Waals surface area contributed by atoms with Crippen LogP contribution in [0.4, 0.5) is 0 Å². The highest BCUT2D eigenvalue weighted by molar-refractivity contribution is 5.61. The van der Waals surface area contributed by atoms with E-state index in [4.69, 9.17) is 4.74 Å². The molecule has 1 N–H and O–H groups in total. The Bertz CT molecular complexity index is 820. The Morgan fingerprint density at radius 1 is 1.24 bits per heavy atom. The van der Waals surface area contributed by atoms with Crippen LogP contribution in [0, 0.1) is 0 Å². The summed E-state index contributed by atoms with van der Waals surface area (Å²) < 4.78 is 6.67. The van der Waals surface area contributed by atoms with Crippen molar-refractivity contribution >= 4 is 0 Å². The Balaban J connectivity index is 2.06. The van der Waals surface area contributed by atoms with Crippen LogP contribution in [0.25, 0.3) is 22.6 Å². The van der Waals surface area contributed by atoms with Crippen molar-refractivity contribution in [1.29, 1.82) is 0 Å². The Kier molecular flexibility index (Phi) is 3.23. The molecule has 0 fully saturated rings. The summed E-state index contributed by atoms with van der Waals surface area (Å²) in [4.78, 5) is 23.1. The van der Waals surface area contributed by atoms with Crippen molar-refractivity contribution in [2.45, 2.75) is 0 Å². The van der Waals surface area contributed by atoms with Crippen LogP contribution in [0.5, 0.6) is 5.88 Å². The number of nitrogens with one attached hydrogen (secondary N) is 1. The average molecular weight is 283 g/mol. The molecule has 3 aromatic rings. The molecule has 7 nitrogen and oxygen atoms in total. The predicted molar refractivity (Wildman–Crippen MR) is 76.8 cm³/mol. The van der Waals surface area contributed by atoms with Crippen molar-refractivity contribution in [3.8, 4) is 28.5 Å². The molecule has 0 unspecified atom stereocenters. The lowest BCUT2D eigenvalue weighted by atomic mass is 10.2. The fourth-order valence-corrected chi connectivity index (χ4v) is 1.94. The van der Waals surface area contributed by atoms with Crippen molar-refractivity contribution in [3.63, 3.8) is 0 Å². The van der Waals surface area contributed by atoms with Crippen molar-refractivity contribution in [1.82, 2.24) is 24.7 Å². The highest BCUT2D eigenvalue weighted by Crippen LogP contribution is 2.19.